The van der Waals surface area contributed by atoms with Gasteiger partial charge in [0.1, 0.15) is 12.4 Å². The van der Waals surface area contributed by atoms with Crippen LogP contribution in [-0.4, -0.2) is 29.5 Å². The molecule has 1 atom stereocenters. The smallest absolute Gasteiger partial charge is 0.272 e. The van der Waals surface area contributed by atoms with Crippen molar-refractivity contribution in [3.8, 4) is 5.75 Å². The van der Waals surface area contributed by atoms with Gasteiger partial charge in [-0.05, 0) is 36.8 Å². The molecule has 1 aromatic carbocycles. The molecule has 30 heavy (non-hydrogen) atoms. The number of carbonyl (C=O) groups excluding carboxylic acids is 1. The monoisotopic (exact) mass is 421 g/mol. The lowest BCUT2D eigenvalue weighted by molar-refractivity contribution is 0.0818. The molecule has 8 heteroatoms. The fraction of sp³-hybridized carbons (Fsp3) is 0.455. The third kappa shape index (κ3) is 9.76. The average Bonchev–Trinajstić information content (AvgIpc) is 2.65. The van der Waals surface area contributed by atoms with Gasteiger partial charge in [-0.1, -0.05) is 39.3 Å². The number of nitrogens with two attached hydrogens (primary N) is 2. The fourth-order valence-corrected chi connectivity index (χ4v) is 2.64. The Morgan fingerprint density at radius 1 is 1.23 bits per heavy atom. The number of alkyl halides is 2. The normalized spacial score (nSPS) is 12.2. The lowest BCUT2D eigenvalue weighted by atomic mass is 10.0. The van der Waals surface area contributed by atoms with Gasteiger partial charge in [-0.15, -0.1) is 11.6 Å². The minimum Gasteiger partial charge on any atom is -0.651 e. The van der Waals surface area contributed by atoms with Crippen LogP contribution in [0.3, 0.4) is 0 Å². The van der Waals surface area contributed by atoms with E-state index < -0.39 is 18.9 Å². The number of aryl methyl sites for hydroxylation is 1. The van der Waals surface area contributed by atoms with Crippen molar-refractivity contribution in [2.24, 2.45) is 11.5 Å². The Kier molecular flexibility index (Phi) is 9.81. The van der Waals surface area contributed by atoms with Gasteiger partial charge in [0, 0.05) is 24.0 Å². The summed E-state index contributed by atoms with van der Waals surface area (Å²) >= 11 is 0. The lowest BCUT2D eigenvalue weighted by Gasteiger charge is -2.42. The Hall–Kier alpha value is -2.58. The van der Waals surface area contributed by atoms with Crippen LogP contribution in [0, 0.1) is 6.92 Å². The SMILES string of the molecule is CC([N-]C(C)(C)C)c1cc(CN)cc(OCC(F)F)c1.Cc1cc(C(N)=O)ccn1. The summed E-state index contributed by atoms with van der Waals surface area (Å²) in [6.07, 6.45) is -0.924. The molecule has 2 rings (SSSR count). The van der Waals surface area contributed by atoms with Gasteiger partial charge in [0.15, 0.2) is 0 Å². The Bertz CT molecular complexity index is 823. The highest BCUT2D eigenvalue weighted by atomic mass is 19.3. The minimum atomic E-state index is -2.49. The van der Waals surface area contributed by atoms with Crippen LogP contribution in [0.1, 0.15) is 60.9 Å². The average molecular weight is 422 g/mol. The first-order valence-electron chi connectivity index (χ1n) is 9.60. The van der Waals surface area contributed by atoms with Crippen molar-refractivity contribution >= 4 is 5.91 Å². The van der Waals surface area contributed by atoms with Crippen molar-refractivity contribution in [3.63, 3.8) is 0 Å². The molecule has 2 aromatic rings. The van der Waals surface area contributed by atoms with Gasteiger partial charge in [-0.25, -0.2) is 8.78 Å². The van der Waals surface area contributed by atoms with Crippen molar-refractivity contribution < 1.29 is 18.3 Å². The number of carbonyl (C=O) groups is 1. The Balaban J connectivity index is 0.000000375. The summed E-state index contributed by atoms with van der Waals surface area (Å²) in [7, 11) is 0. The van der Waals surface area contributed by atoms with Crippen molar-refractivity contribution in [1.82, 2.24) is 4.98 Å². The van der Waals surface area contributed by atoms with E-state index in [4.69, 9.17) is 16.2 Å². The van der Waals surface area contributed by atoms with E-state index in [1.165, 1.54) is 0 Å². The molecule has 166 valence electrons. The first-order valence-corrected chi connectivity index (χ1v) is 9.60. The van der Waals surface area contributed by atoms with Crippen molar-refractivity contribution in [3.05, 3.63) is 64.2 Å². The number of amides is 1. The van der Waals surface area contributed by atoms with Gasteiger partial charge >= 0.3 is 0 Å². The second-order valence-corrected chi connectivity index (χ2v) is 7.84. The van der Waals surface area contributed by atoms with Crippen molar-refractivity contribution in [1.29, 1.82) is 0 Å². The Labute approximate surface area is 177 Å². The molecule has 0 fully saturated rings. The maximum atomic E-state index is 12.2. The van der Waals surface area contributed by atoms with Gasteiger partial charge in [0.25, 0.3) is 6.43 Å². The number of benzene rings is 1. The van der Waals surface area contributed by atoms with Crippen LogP contribution in [0.25, 0.3) is 5.32 Å². The Morgan fingerprint density at radius 3 is 2.37 bits per heavy atom. The van der Waals surface area contributed by atoms with E-state index in [2.05, 4.69) is 10.3 Å². The molecule has 0 saturated heterocycles. The zero-order valence-electron chi connectivity index (χ0n) is 18.2. The largest absolute Gasteiger partial charge is 0.651 e. The molecular weight excluding hydrogens is 390 g/mol. The highest BCUT2D eigenvalue weighted by Crippen LogP contribution is 2.32. The molecule has 0 radical (unpaired) electrons. The minimum absolute atomic E-state index is 0.0459. The molecule has 0 bridgehead atoms. The van der Waals surface area contributed by atoms with E-state index in [0.29, 0.717) is 17.9 Å². The molecule has 1 amide bonds. The van der Waals surface area contributed by atoms with Crippen LogP contribution in [0.15, 0.2) is 36.5 Å². The summed E-state index contributed by atoms with van der Waals surface area (Å²) in [5, 5.41) is 4.65. The summed E-state index contributed by atoms with van der Waals surface area (Å²) in [5.74, 6) is 0.00436. The molecular formula is C22H31F2N4O2-. The molecule has 0 aliphatic rings. The van der Waals surface area contributed by atoms with Crippen LogP contribution in [0.2, 0.25) is 0 Å². The van der Waals surface area contributed by atoms with E-state index in [1.54, 1.807) is 30.5 Å². The topological polar surface area (TPSA) is 105 Å². The molecule has 0 saturated carbocycles. The van der Waals surface area contributed by atoms with E-state index in [9.17, 15) is 13.6 Å². The second kappa shape index (κ2) is 11.6. The molecule has 0 spiro atoms. The van der Waals surface area contributed by atoms with E-state index in [0.717, 1.165) is 16.8 Å². The second-order valence-electron chi connectivity index (χ2n) is 7.84. The number of pyridine rings is 1. The number of rotatable bonds is 7. The van der Waals surface area contributed by atoms with E-state index in [-0.39, 0.29) is 11.6 Å². The highest BCUT2D eigenvalue weighted by Gasteiger charge is 2.08. The zero-order chi connectivity index (χ0) is 22.9. The zero-order valence-corrected chi connectivity index (χ0v) is 18.2. The number of aromatic nitrogens is 1. The predicted molar refractivity (Wildman–Crippen MR) is 115 cm³/mol. The summed E-state index contributed by atoms with van der Waals surface area (Å²) in [6.45, 7) is 9.56. The number of halogens is 2. The molecule has 4 N–H and O–H groups in total. The number of primary amides is 1. The van der Waals surface area contributed by atoms with Gasteiger partial charge in [0.2, 0.25) is 5.91 Å². The highest BCUT2D eigenvalue weighted by molar-refractivity contribution is 5.92. The third-order valence-electron chi connectivity index (χ3n) is 3.84. The molecule has 6 nitrogen and oxygen atoms in total. The standard InChI is InChI=1S/C15H23F2N2O.C7H8N2O/c1-10(19-15(2,3)4)12-5-11(8-18)6-13(7-12)20-9-14(16)17;1-5-4-6(7(8)10)2-3-9-5/h5-7,10,14H,8-9,18H2,1-4H3;2-4H,1H3,(H2,8,10)/q-1;. The van der Waals surface area contributed by atoms with Crippen LogP contribution < -0.4 is 16.2 Å². The molecule has 1 aromatic heterocycles. The predicted octanol–water partition coefficient (Wildman–Crippen LogP) is 4.51. The molecule has 1 heterocycles. The molecule has 1 unspecified atom stereocenters. The number of hydrogen-bond acceptors (Lipinski definition) is 4. The lowest BCUT2D eigenvalue weighted by Crippen LogP contribution is -2.15. The summed E-state index contributed by atoms with van der Waals surface area (Å²) in [4.78, 5) is 14.5. The fourth-order valence-electron chi connectivity index (χ4n) is 2.64. The number of ether oxygens (including phenoxy) is 1. The summed E-state index contributed by atoms with van der Waals surface area (Å²) < 4.78 is 29.5. The van der Waals surface area contributed by atoms with E-state index in [1.807, 2.05) is 40.7 Å². The van der Waals surface area contributed by atoms with E-state index >= 15 is 0 Å². The van der Waals surface area contributed by atoms with Gasteiger partial charge in [0.05, 0.1) is 0 Å². The maximum absolute atomic E-state index is 12.2. The number of nitrogens with zero attached hydrogens (tertiary/aromatic N) is 2. The van der Waals surface area contributed by atoms with Gasteiger partial charge < -0.3 is 21.5 Å². The molecule has 0 aliphatic heterocycles. The first-order chi connectivity index (χ1) is 13.9. The summed E-state index contributed by atoms with van der Waals surface area (Å²) in [5.41, 5.74) is 13.6. The third-order valence-corrected chi connectivity index (χ3v) is 3.84. The Morgan fingerprint density at radius 2 is 1.90 bits per heavy atom. The van der Waals surface area contributed by atoms with Crippen molar-refractivity contribution in [2.75, 3.05) is 6.61 Å². The van der Waals surface area contributed by atoms with Gasteiger partial charge in [-0.3, -0.25) is 9.78 Å². The van der Waals surface area contributed by atoms with Crippen LogP contribution in [-0.2, 0) is 6.54 Å². The van der Waals surface area contributed by atoms with Crippen LogP contribution in [0.4, 0.5) is 8.78 Å². The quantitative estimate of drug-likeness (QED) is 0.686. The molecule has 0 aliphatic carbocycles. The van der Waals surface area contributed by atoms with Crippen molar-refractivity contribution in [2.45, 2.75) is 59.2 Å². The number of hydrogen-bond donors (Lipinski definition) is 2. The van der Waals surface area contributed by atoms with Crippen LogP contribution in [0.5, 0.6) is 5.75 Å². The summed E-state index contributed by atoms with van der Waals surface area (Å²) in [6, 6.07) is 8.58. The maximum Gasteiger partial charge on any atom is 0.272 e. The first kappa shape index (κ1) is 25.5. The van der Waals surface area contributed by atoms with Crippen LogP contribution >= 0.6 is 0 Å². The van der Waals surface area contributed by atoms with Gasteiger partial charge in [-0.2, -0.15) is 0 Å².